The molecule has 0 atom stereocenters. The lowest BCUT2D eigenvalue weighted by Crippen LogP contribution is -2.22. The molecule has 0 bridgehead atoms. The Kier molecular flexibility index (Phi) is 5.80. The Morgan fingerprint density at radius 2 is 1.91 bits per heavy atom. The maximum atomic E-state index is 11.9. The maximum Gasteiger partial charge on any atom is 0.303 e. The van der Waals surface area contributed by atoms with Crippen LogP contribution in [0.4, 0.5) is 0 Å². The summed E-state index contributed by atoms with van der Waals surface area (Å²) < 4.78 is 10.7. The zero-order chi connectivity index (χ0) is 16.7. The summed E-state index contributed by atoms with van der Waals surface area (Å²) in [4.78, 5) is 22.2. The number of hydrogen-bond acceptors (Lipinski definition) is 4. The van der Waals surface area contributed by atoms with Gasteiger partial charge in [-0.3, -0.25) is 9.59 Å². The van der Waals surface area contributed by atoms with Gasteiger partial charge >= 0.3 is 5.97 Å². The van der Waals surface area contributed by atoms with Crippen LogP contribution in [0.15, 0.2) is 40.8 Å². The van der Waals surface area contributed by atoms with Crippen LogP contribution in [0.5, 0.6) is 5.75 Å². The van der Waals surface area contributed by atoms with Crippen molar-refractivity contribution >= 4 is 11.9 Å². The summed E-state index contributed by atoms with van der Waals surface area (Å²) >= 11 is 0. The van der Waals surface area contributed by atoms with Crippen LogP contribution in [0, 0.1) is 6.92 Å². The van der Waals surface area contributed by atoms with Crippen LogP contribution in [0.3, 0.4) is 0 Å². The van der Waals surface area contributed by atoms with Crippen LogP contribution in [0.2, 0.25) is 0 Å². The molecule has 1 aromatic carbocycles. The van der Waals surface area contributed by atoms with E-state index in [-0.39, 0.29) is 12.3 Å². The highest BCUT2D eigenvalue weighted by atomic mass is 16.5. The van der Waals surface area contributed by atoms with Gasteiger partial charge in [-0.2, -0.15) is 0 Å². The fourth-order valence-corrected chi connectivity index (χ4v) is 1.94. The summed E-state index contributed by atoms with van der Waals surface area (Å²) in [6.07, 6.45) is 0.562. The molecule has 6 nitrogen and oxygen atoms in total. The highest BCUT2D eigenvalue weighted by molar-refractivity contribution is 5.91. The summed E-state index contributed by atoms with van der Waals surface area (Å²) in [5.74, 6) is 0.575. The quantitative estimate of drug-likeness (QED) is 0.731. The molecule has 0 aliphatic rings. The Morgan fingerprint density at radius 3 is 2.52 bits per heavy atom. The van der Waals surface area contributed by atoms with Crippen molar-refractivity contribution in [3.63, 3.8) is 0 Å². The normalized spacial score (nSPS) is 10.3. The van der Waals surface area contributed by atoms with E-state index in [0.29, 0.717) is 36.8 Å². The molecule has 0 radical (unpaired) electrons. The van der Waals surface area contributed by atoms with Gasteiger partial charge in [0.2, 0.25) is 0 Å². The van der Waals surface area contributed by atoms with Crippen LogP contribution in [0.1, 0.15) is 34.7 Å². The zero-order valence-electron chi connectivity index (χ0n) is 12.9. The molecule has 0 fully saturated rings. The molecule has 0 spiro atoms. The number of nitrogens with one attached hydrogen (secondary N) is 1. The van der Waals surface area contributed by atoms with Crippen molar-refractivity contribution in [2.45, 2.75) is 26.3 Å². The van der Waals surface area contributed by atoms with Crippen molar-refractivity contribution in [2.24, 2.45) is 0 Å². The van der Waals surface area contributed by atoms with Gasteiger partial charge in [-0.1, -0.05) is 12.1 Å². The molecular formula is C17H19NO5. The maximum absolute atomic E-state index is 11.9. The molecule has 0 aliphatic heterocycles. The third kappa shape index (κ3) is 5.50. The van der Waals surface area contributed by atoms with Crippen molar-refractivity contribution in [1.82, 2.24) is 5.32 Å². The molecule has 1 aromatic heterocycles. The molecule has 2 rings (SSSR count). The van der Waals surface area contributed by atoms with Gasteiger partial charge in [0.15, 0.2) is 5.76 Å². The van der Waals surface area contributed by atoms with E-state index in [1.165, 1.54) is 0 Å². The second-order valence-electron chi connectivity index (χ2n) is 5.08. The first-order chi connectivity index (χ1) is 11.0. The Balaban J connectivity index is 1.76. The predicted octanol–water partition coefficient (Wildman–Crippen LogP) is 2.76. The number of furan rings is 1. The van der Waals surface area contributed by atoms with E-state index in [1.807, 2.05) is 12.1 Å². The Labute approximate surface area is 134 Å². The van der Waals surface area contributed by atoms with Gasteiger partial charge in [0.05, 0.1) is 6.61 Å². The summed E-state index contributed by atoms with van der Waals surface area (Å²) in [7, 11) is 0. The lowest BCUT2D eigenvalue weighted by Gasteiger charge is -2.07. The van der Waals surface area contributed by atoms with E-state index < -0.39 is 5.97 Å². The molecule has 0 saturated heterocycles. The van der Waals surface area contributed by atoms with Crippen molar-refractivity contribution < 1.29 is 23.8 Å². The van der Waals surface area contributed by atoms with Crippen LogP contribution in [0.25, 0.3) is 0 Å². The number of aliphatic carboxylic acids is 1. The minimum atomic E-state index is -0.827. The summed E-state index contributed by atoms with van der Waals surface area (Å²) in [6, 6.07) is 10.7. The number of hydrogen-bond donors (Lipinski definition) is 2. The lowest BCUT2D eigenvalue weighted by atomic mass is 10.2. The summed E-state index contributed by atoms with van der Waals surface area (Å²) in [5, 5.41) is 11.3. The number of carbonyl (C=O) groups excluding carboxylic acids is 1. The Bertz CT molecular complexity index is 660. The number of carbonyl (C=O) groups is 2. The standard InChI is InChI=1S/C17H19NO5/c1-12-4-9-15(23-12)17(21)18-11-13-5-7-14(8-6-13)22-10-2-3-16(19)20/h4-9H,2-3,10-11H2,1H3,(H,18,21)(H,19,20). The smallest absolute Gasteiger partial charge is 0.303 e. The van der Waals surface area contributed by atoms with Crippen LogP contribution < -0.4 is 10.1 Å². The first-order valence-corrected chi connectivity index (χ1v) is 7.33. The summed E-state index contributed by atoms with van der Waals surface area (Å²) in [6.45, 7) is 2.53. The Hall–Kier alpha value is -2.76. The van der Waals surface area contributed by atoms with Gasteiger partial charge in [-0.25, -0.2) is 0 Å². The van der Waals surface area contributed by atoms with Crippen LogP contribution in [-0.2, 0) is 11.3 Å². The number of aryl methyl sites for hydroxylation is 1. The van der Waals surface area contributed by atoms with Gasteiger partial charge < -0.3 is 19.6 Å². The average Bonchev–Trinajstić information content (AvgIpc) is 2.97. The molecule has 23 heavy (non-hydrogen) atoms. The van der Waals surface area contributed by atoms with E-state index in [4.69, 9.17) is 14.3 Å². The third-order valence-corrected chi connectivity index (χ3v) is 3.14. The van der Waals surface area contributed by atoms with Gasteiger partial charge in [0.1, 0.15) is 11.5 Å². The van der Waals surface area contributed by atoms with Gasteiger partial charge in [-0.05, 0) is 43.2 Å². The fraction of sp³-hybridized carbons (Fsp3) is 0.294. The van der Waals surface area contributed by atoms with E-state index >= 15 is 0 Å². The van der Waals surface area contributed by atoms with Crippen molar-refractivity contribution in [2.75, 3.05) is 6.61 Å². The second-order valence-corrected chi connectivity index (χ2v) is 5.08. The van der Waals surface area contributed by atoms with E-state index in [9.17, 15) is 9.59 Å². The number of rotatable bonds is 8. The van der Waals surface area contributed by atoms with Gasteiger partial charge in [0, 0.05) is 13.0 Å². The minimum Gasteiger partial charge on any atom is -0.494 e. The molecule has 2 aromatic rings. The molecule has 0 unspecified atom stereocenters. The highest BCUT2D eigenvalue weighted by Gasteiger charge is 2.09. The number of amides is 1. The zero-order valence-corrected chi connectivity index (χ0v) is 12.9. The minimum absolute atomic E-state index is 0.0936. The highest BCUT2D eigenvalue weighted by Crippen LogP contribution is 2.13. The largest absolute Gasteiger partial charge is 0.494 e. The monoisotopic (exact) mass is 317 g/mol. The van der Waals surface area contributed by atoms with Crippen molar-refractivity contribution in [3.05, 3.63) is 53.5 Å². The topological polar surface area (TPSA) is 88.8 Å². The van der Waals surface area contributed by atoms with E-state index in [2.05, 4.69) is 5.32 Å². The number of carboxylic acids is 1. The molecule has 0 saturated carbocycles. The van der Waals surface area contributed by atoms with Crippen molar-refractivity contribution in [1.29, 1.82) is 0 Å². The van der Waals surface area contributed by atoms with E-state index in [0.717, 1.165) is 5.56 Å². The summed E-state index contributed by atoms with van der Waals surface area (Å²) in [5.41, 5.74) is 0.930. The molecule has 6 heteroatoms. The lowest BCUT2D eigenvalue weighted by molar-refractivity contribution is -0.137. The first kappa shape index (κ1) is 16.6. The van der Waals surface area contributed by atoms with Crippen molar-refractivity contribution in [3.8, 4) is 5.75 Å². The SMILES string of the molecule is Cc1ccc(C(=O)NCc2ccc(OCCCC(=O)O)cc2)o1. The predicted molar refractivity (Wildman–Crippen MR) is 83.4 cm³/mol. The van der Waals surface area contributed by atoms with Gasteiger partial charge in [-0.15, -0.1) is 0 Å². The average molecular weight is 317 g/mol. The van der Waals surface area contributed by atoms with Crippen LogP contribution >= 0.6 is 0 Å². The second kappa shape index (κ2) is 8.03. The molecule has 2 N–H and O–H groups in total. The third-order valence-electron chi connectivity index (χ3n) is 3.14. The number of ether oxygens (including phenoxy) is 1. The first-order valence-electron chi connectivity index (χ1n) is 7.33. The van der Waals surface area contributed by atoms with E-state index in [1.54, 1.807) is 31.2 Å². The van der Waals surface area contributed by atoms with Crippen LogP contribution in [-0.4, -0.2) is 23.6 Å². The number of benzene rings is 1. The molecule has 1 amide bonds. The molecule has 122 valence electrons. The molecular weight excluding hydrogens is 298 g/mol. The number of carboxylic acid groups (broad SMARTS) is 1. The fourth-order valence-electron chi connectivity index (χ4n) is 1.94. The Morgan fingerprint density at radius 1 is 1.17 bits per heavy atom. The van der Waals surface area contributed by atoms with Gasteiger partial charge in [0.25, 0.3) is 5.91 Å². The molecule has 1 heterocycles. The molecule has 0 aliphatic carbocycles.